The van der Waals surface area contributed by atoms with Crippen LogP contribution in [0.1, 0.15) is 0 Å². The smallest absolute Gasteiger partial charge is 0.417 e. The standard InChI is InChI=1S/C14H12ClNO3/c1-18-12-6-3-7-13(9-12)19-14(17)16-11-5-2-4-10(15)8-11/h2-9H,1H3,(H,16,17). The van der Waals surface area contributed by atoms with Gasteiger partial charge in [0.05, 0.1) is 7.11 Å². The average Bonchev–Trinajstić information content (AvgIpc) is 2.38. The monoisotopic (exact) mass is 277 g/mol. The second kappa shape index (κ2) is 6.11. The molecule has 0 aromatic heterocycles. The van der Waals surface area contributed by atoms with Crippen LogP contribution in [-0.2, 0) is 0 Å². The summed E-state index contributed by atoms with van der Waals surface area (Å²) in [5, 5.41) is 3.12. The summed E-state index contributed by atoms with van der Waals surface area (Å²) >= 11 is 5.82. The molecule has 0 atom stereocenters. The van der Waals surface area contributed by atoms with Crippen molar-refractivity contribution in [3.8, 4) is 11.5 Å². The van der Waals surface area contributed by atoms with Gasteiger partial charge in [-0.15, -0.1) is 0 Å². The van der Waals surface area contributed by atoms with E-state index >= 15 is 0 Å². The summed E-state index contributed by atoms with van der Waals surface area (Å²) in [5.41, 5.74) is 0.570. The van der Waals surface area contributed by atoms with Crippen molar-refractivity contribution in [3.05, 3.63) is 53.6 Å². The third-order valence-electron chi connectivity index (χ3n) is 2.32. The first-order valence-electron chi connectivity index (χ1n) is 5.56. The van der Waals surface area contributed by atoms with E-state index in [9.17, 15) is 4.79 Å². The number of anilines is 1. The van der Waals surface area contributed by atoms with E-state index < -0.39 is 6.09 Å². The first-order valence-corrected chi connectivity index (χ1v) is 5.93. The number of halogens is 1. The zero-order valence-corrected chi connectivity index (χ0v) is 11.0. The van der Waals surface area contributed by atoms with Crippen LogP contribution in [0.25, 0.3) is 0 Å². The Morgan fingerprint density at radius 3 is 2.58 bits per heavy atom. The van der Waals surface area contributed by atoms with Crippen molar-refractivity contribution >= 4 is 23.4 Å². The van der Waals surface area contributed by atoms with Crippen molar-refractivity contribution in [1.82, 2.24) is 0 Å². The fraction of sp³-hybridized carbons (Fsp3) is 0.0714. The fourth-order valence-corrected chi connectivity index (χ4v) is 1.67. The van der Waals surface area contributed by atoms with Gasteiger partial charge in [0, 0.05) is 16.8 Å². The molecule has 0 aliphatic carbocycles. The van der Waals surface area contributed by atoms with E-state index in [-0.39, 0.29) is 0 Å². The number of carbonyl (C=O) groups excluding carboxylic acids is 1. The van der Waals surface area contributed by atoms with E-state index in [4.69, 9.17) is 21.1 Å². The Hall–Kier alpha value is -2.20. The molecule has 0 fully saturated rings. The quantitative estimate of drug-likeness (QED) is 0.924. The number of methoxy groups -OCH3 is 1. The number of ether oxygens (including phenoxy) is 2. The molecule has 2 aromatic carbocycles. The number of hydrogen-bond donors (Lipinski definition) is 1. The molecular formula is C14H12ClNO3. The van der Waals surface area contributed by atoms with E-state index in [0.29, 0.717) is 22.2 Å². The lowest BCUT2D eigenvalue weighted by molar-refractivity contribution is 0.215. The van der Waals surface area contributed by atoms with Gasteiger partial charge in [-0.1, -0.05) is 23.7 Å². The highest BCUT2D eigenvalue weighted by atomic mass is 35.5. The molecule has 0 heterocycles. The largest absolute Gasteiger partial charge is 0.497 e. The summed E-state index contributed by atoms with van der Waals surface area (Å²) in [7, 11) is 1.55. The second-order valence-electron chi connectivity index (χ2n) is 3.70. The Labute approximate surface area is 115 Å². The predicted molar refractivity (Wildman–Crippen MR) is 74.1 cm³/mol. The Bertz CT molecular complexity index is 586. The molecule has 1 N–H and O–H groups in total. The van der Waals surface area contributed by atoms with Crippen LogP contribution >= 0.6 is 11.6 Å². The first kappa shape index (κ1) is 13.2. The lowest BCUT2D eigenvalue weighted by atomic mass is 10.3. The van der Waals surface area contributed by atoms with Gasteiger partial charge in [-0.2, -0.15) is 0 Å². The second-order valence-corrected chi connectivity index (χ2v) is 4.14. The van der Waals surface area contributed by atoms with E-state index in [1.165, 1.54) is 0 Å². The molecular weight excluding hydrogens is 266 g/mol. The van der Waals surface area contributed by atoms with Crippen LogP contribution in [0.5, 0.6) is 11.5 Å². The van der Waals surface area contributed by atoms with E-state index in [1.54, 1.807) is 55.6 Å². The van der Waals surface area contributed by atoms with E-state index in [0.717, 1.165) is 0 Å². The highest BCUT2D eigenvalue weighted by molar-refractivity contribution is 6.30. The molecule has 0 aliphatic heterocycles. The molecule has 19 heavy (non-hydrogen) atoms. The summed E-state index contributed by atoms with van der Waals surface area (Å²) < 4.78 is 10.2. The van der Waals surface area contributed by atoms with Crippen LogP contribution in [0.2, 0.25) is 5.02 Å². The van der Waals surface area contributed by atoms with Gasteiger partial charge in [0.25, 0.3) is 0 Å². The minimum atomic E-state index is -0.587. The highest BCUT2D eigenvalue weighted by Crippen LogP contribution is 2.20. The van der Waals surface area contributed by atoms with E-state index in [2.05, 4.69) is 5.32 Å². The zero-order valence-electron chi connectivity index (χ0n) is 10.2. The van der Waals surface area contributed by atoms with Crippen molar-refractivity contribution in [1.29, 1.82) is 0 Å². The molecule has 0 bridgehead atoms. The van der Waals surface area contributed by atoms with E-state index in [1.807, 2.05) is 0 Å². The van der Waals surface area contributed by atoms with Gasteiger partial charge in [0.15, 0.2) is 0 Å². The molecule has 0 saturated heterocycles. The van der Waals surface area contributed by atoms with Crippen LogP contribution in [0.3, 0.4) is 0 Å². The minimum absolute atomic E-state index is 0.402. The molecule has 4 nitrogen and oxygen atoms in total. The van der Waals surface area contributed by atoms with Crippen LogP contribution < -0.4 is 14.8 Å². The minimum Gasteiger partial charge on any atom is -0.497 e. The van der Waals surface area contributed by atoms with Gasteiger partial charge >= 0.3 is 6.09 Å². The Morgan fingerprint density at radius 2 is 1.84 bits per heavy atom. The van der Waals surface area contributed by atoms with Gasteiger partial charge in [-0.25, -0.2) is 4.79 Å². The van der Waals surface area contributed by atoms with Crippen molar-refractivity contribution in [3.63, 3.8) is 0 Å². The maximum atomic E-state index is 11.7. The van der Waals surface area contributed by atoms with Crippen LogP contribution in [0.15, 0.2) is 48.5 Å². The number of carbonyl (C=O) groups is 1. The van der Waals surface area contributed by atoms with Crippen molar-refractivity contribution in [2.24, 2.45) is 0 Å². The SMILES string of the molecule is COc1cccc(OC(=O)Nc2cccc(Cl)c2)c1. The summed E-state index contributed by atoms with van der Waals surface area (Å²) in [6.45, 7) is 0. The van der Waals surface area contributed by atoms with Crippen molar-refractivity contribution in [2.75, 3.05) is 12.4 Å². The predicted octanol–water partition coefficient (Wildman–Crippen LogP) is 3.96. The zero-order chi connectivity index (χ0) is 13.7. The summed E-state index contributed by atoms with van der Waals surface area (Å²) in [5.74, 6) is 1.02. The summed E-state index contributed by atoms with van der Waals surface area (Å²) in [4.78, 5) is 11.7. The number of rotatable bonds is 3. The molecule has 0 unspecified atom stereocenters. The maximum absolute atomic E-state index is 11.7. The third kappa shape index (κ3) is 3.89. The van der Waals surface area contributed by atoms with Gasteiger partial charge < -0.3 is 9.47 Å². The van der Waals surface area contributed by atoms with Gasteiger partial charge in [-0.05, 0) is 30.3 Å². The molecule has 0 aliphatic rings. The summed E-state index contributed by atoms with van der Waals surface area (Å²) in [6, 6.07) is 13.6. The molecule has 2 rings (SSSR count). The number of nitrogens with one attached hydrogen (secondary N) is 1. The Morgan fingerprint density at radius 1 is 1.11 bits per heavy atom. The van der Waals surface area contributed by atoms with Gasteiger partial charge in [0.2, 0.25) is 0 Å². The van der Waals surface area contributed by atoms with Crippen LogP contribution in [-0.4, -0.2) is 13.2 Å². The van der Waals surface area contributed by atoms with Gasteiger partial charge in [0.1, 0.15) is 11.5 Å². The number of amides is 1. The van der Waals surface area contributed by atoms with Crippen molar-refractivity contribution in [2.45, 2.75) is 0 Å². The van der Waals surface area contributed by atoms with Crippen molar-refractivity contribution < 1.29 is 14.3 Å². The Kier molecular flexibility index (Phi) is 4.26. The van der Waals surface area contributed by atoms with Gasteiger partial charge in [-0.3, -0.25) is 5.32 Å². The van der Waals surface area contributed by atoms with Crippen LogP contribution in [0, 0.1) is 0 Å². The topological polar surface area (TPSA) is 47.6 Å². The Balaban J connectivity index is 2.01. The lowest BCUT2D eigenvalue weighted by Gasteiger charge is -2.07. The summed E-state index contributed by atoms with van der Waals surface area (Å²) in [6.07, 6.45) is -0.587. The number of hydrogen-bond acceptors (Lipinski definition) is 3. The number of benzene rings is 2. The molecule has 5 heteroatoms. The lowest BCUT2D eigenvalue weighted by Crippen LogP contribution is -2.16. The van der Waals surface area contributed by atoms with Crippen LogP contribution in [0.4, 0.5) is 10.5 Å². The molecule has 2 aromatic rings. The first-order chi connectivity index (χ1) is 9.17. The molecule has 98 valence electrons. The molecule has 0 radical (unpaired) electrons. The third-order valence-corrected chi connectivity index (χ3v) is 2.56. The molecule has 1 amide bonds. The molecule has 0 saturated carbocycles. The highest BCUT2D eigenvalue weighted by Gasteiger charge is 2.06. The maximum Gasteiger partial charge on any atom is 0.417 e. The average molecular weight is 278 g/mol. The normalized spacial score (nSPS) is 9.79. The fourth-order valence-electron chi connectivity index (χ4n) is 1.48. The molecule has 0 spiro atoms.